The average Bonchev–Trinajstić information content (AvgIpc) is 2.77. The Bertz CT molecular complexity index is 633. The normalized spacial score (nSPS) is 10.3. The van der Waals surface area contributed by atoms with Crippen LogP contribution in [-0.2, 0) is 0 Å². The molecule has 4 N–H and O–H groups in total. The van der Waals surface area contributed by atoms with Gasteiger partial charge < -0.3 is 10.8 Å². The van der Waals surface area contributed by atoms with Gasteiger partial charge >= 0.3 is 5.97 Å². The maximum atomic E-state index is 11.1. The van der Waals surface area contributed by atoms with Crippen LogP contribution in [0.15, 0.2) is 18.2 Å². The summed E-state index contributed by atoms with van der Waals surface area (Å²) < 4.78 is 0. The molecule has 1 heterocycles. The minimum Gasteiger partial charge on any atom is -0.478 e. The Morgan fingerprint density at radius 3 is 2.61 bits per heavy atom. The predicted molar refractivity (Wildman–Crippen MR) is 62.0 cm³/mol. The molecule has 1 amide bonds. The molecule has 92 valence electrons. The number of nitrogens with one attached hydrogen (secondary N) is 1. The highest BCUT2D eigenvalue weighted by Crippen LogP contribution is 2.24. The first-order valence-electron chi connectivity index (χ1n) is 5.05. The Labute approximate surface area is 102 Å². The number of carbonyl (C=O) groups excluding carboxylic acids is 1. The molecular formula is C11H10N4O3. The minimum absolute atomic E-state index is 0.0289. The predicted octanol–water partition coefficient (Wildman–Crippen LogP) is 0.577. The van der Waals surface area contributed by atoms with E-state index >= 15 is 0 Å². The van der Waals surface area contributed by atoms with E-state index in [-0.39, 0.29) is 11.3 Å². The molecule has 18 heavy (non-hydrogen) atoms. The molecule has 2 aromatic rings. The molecule has 0 aliphatic rings. The Morgan fingerprint density at radius 1 is 1.33 bits per heavy atom. The van der Waals surface area contributed by atoms with Gasteiger partial charge in [0.25, 0.3) is 5.91 Å². The molecule has 1 aromatic carbocycles. The number of rotatable bonds is 3. The number of aromatic nitrogens is 3. The summed E-state index contributed by atoms with van der Waals surface area (Å²) in [4.78, 5) is 22.0. The van der Waals surface area contributed by atoms with Crippen LogP contribution in [0.5, 0.6) is 0 Å². The summed E-state index contributed by atoms with van der Waals surface area (Å²) in [6.45, 7) is 1.72. The topological polar surface area (TPSA) is 122 Å². The first-order chi connectivity index (χ1) is 8.50. The molecule has 7 heteroatoms. The third kappa shape index (κ3) is 1.93. The lowest BCUT2D eigenvalue weighted by atomic mass is 10.0. The summed E-state index contributed by atoms with van der Waals surface area (Å²) >= 11 is 0. The van der Waals surface area contributed by atoms with Crippen LogP contribution >= 0.6 is 0 Å². The Kier molecular flexibility index (Phi) is 2.80. The number of hydrogen-bond donors (Lipinski definition) is 3. The monoisotopic (exact) mass is 246 g/mol. The Morgan fingerprint density at radius 2 is 2.06 bits per heavy atom. The lowest BCUT2D eigenvalue weighted by Crippen LogP contribution is -2.13. The third-order valence-corrected chi connectivity index (χ3v) is 2.51. The van der Waals surface area contributed by atoms with Crippen molar-refractivity contribution in [3.63, 3.8) is 0 Å². The molecule has 7 nitrogen and oxygen atoms in total. The number of H-pyrrole nitrogens is 1. The molecular weight excluding hydrogens is 236 g/mol. The number of aromatic amines is 1. The Hall–Kier alpha value is -2.70. The van der Waals surface area contributed by atoms with Gasteiger partial charge in [-0.1, -0.05) is 6.07 Å². The Balaban J connectivity index is 2.55. The fourth-order valence-electron chi connectivity index (χ4n) is 1.65. The lowest BCUT2D eigenvalue weighted by Gasteiger charge is -2.04. The number of carboxylic acids is 1. The van der Waals surface area contributed by atoms with Crippen LogP contribution in [0.2, 0.25) is 0 Å². The second-order valence-electron chi connectivity index (χ2n) is 3.72. The van der Waals surface area contributed by atoms with Crippen molar-refractivity contribution in [1.82, 2.24) is 15.4 Å². The second-order valence-corrected chi connectivity index (χ2v) is 3.72. The highest BCUT2D eigenvalue weighted by molar-refractivity contribution is 5.97. The molecule has 0 unspecified atom stereocenters. The van der Waals surface area contributed by atoms with Crippen molar-refractivity contribution >= 4 is 11.9 Å². The van der Waals surface area contributed by atoms with Gasteiger partial charge in [-0.2, -0.15) is 15.4 Å². The van der Waals surface area contributed by atoms with Gasteiger partial charge in [-0.15, -0.1) is 0 Å². The summed E-state index contributed by atoms with van der Waals surface area (Å²) in [6.07, 6.45) is 0. The van der Waals surface area contributed by atoms with Gasteiger partial charge in [0.2, 0.25) is 0 Å². The largest absolute Gasteiger partial charge is 0.478 e. The molecule has 2 rings (SSSR count). The molecule has 1 aromatic heterocycles. The number of amides is 1. The average molecular weight is 246 g/mol. The minimum atomic E-state index is -1.01. The van der Waals surface area contributed by atoms with E-state index in [1.165, 1.54) is 12.1 Å². The van der Waals surface area contributed by atoms with Crippen molar-refractivity contribution in [1.29, 1.82) is 0 Å². The van der Waals surface area contributed by atoms with E-state index in [4.69, 9.17) is 10.8 Å². The fraction of sp³-hybridized carbons (Fsp3) is 0.0909. The number of nitrogens with two attached hydrogens (primary N) is 1. The quantitative estimate of drug-likeness (QED) is 0.731. The van der Waals surface area contributed by atoms with Crippen LogP contribution in [-0.4, -0.2) is 32.4 Å². The maximum absolute atomic E-state index is 11.1. The van der Waals surface area contributed by atoms with Crippen molar-refractivity contribution in [3.8, 4) is 11.3 Å². The van der Waals surface area contributed by atoms with E-state index in [0.717, 1.165) is 0 Å². The van der Waals surface area contributed by atoms with E-state index in [1.807, 2.05) is 0 Å². The van der Waals surface area contributed by atoms with E-state index in [0.29, 0.717) is 16.8 Å². The molecule has 0 atom stereocenters. The van der Waals surface area contributed by atoms with E-state index < -0.39 is 11.9 Å². The molecule has 0 radical (unpaired) electrons. The van der Waals surface area contributed by atoms with Crippen LogP contribution in [0, 0.1) is 6.92 Å². The smallest absolute Gasteiger partial charge is 0.335 e. The summed E-state index contributed by atoms with van der Waals surface area (Å²) in [5, 5.41) is 18.7. The molecule has 0 aliphatic heterocycles. The number of nitrogens with zero attached hydrogens (tertiary/aromatic N) is 2. The van der Waals surface area contributed by atoms with Gasteiger partial charge in [-0.3, -0.25) is 4.79 Å². The van der Waals surface area contributed by atoms with Crippen molar-refractivity contribution in [2.75, 3.05) is 0 Å². The molecule has 0 fully saturated rings. The van der Waals surface area contributed by atoms with E-state index in [9.17, 15) is 9.59 Å². The van der Waals surface area contributed by atoms with Crippen LogP contribution in [0.3, 0.4) is 0 Å². The number of hydrogen-bond acceptors (Lipinski definition) is 4. The van der Waals surface area contributed by atoms with Gasteiger partial charge in [0.15, 0.2) is 5.69 Å². The zero-order valence-corrected chi connectivity index (χ0v) is 9.47. The second kappa shape index (κ2) is 4.28. The van der Waals surface area contributed by atoms with Gasteiger partial charge in [0.05, 0.1) is 5.56 Å². The standard InChI is InChI=1S/C11H10N4O3/c1-5-4-6(11(17)18)2-3-7(5)8-9(10(12)16)14-15-13-8/h2-4H,1H3,(H2,12,16)(H,17,18)(H,13,14,15). The van der Waals surface area contributed by atoms with Crippen LogP contribution < -0.4 is 5.73 Å². The molecule has 0 spiro atoms. The highest BCUT2D eigenvalue weighted by Gasteiger charge is 2.17. The van der Waals surface area contributed by atoms with E-state index in [1.54, 1.807) is 13.0 Å². The number of aromatic carboxylic acids is 1. The zero-order valence-electron chi connectivity index (χ0n) is 9.47. The SMILES string of the molecule is Cc1cc(C(=O)O)ccc1-c1n[nH]nc1C(N)=O. The zero-order chi connectivity index (χ0) is 13.3. The molecule has 0 aliphatic carbocycles. The first kappa shape index (κ1) is 11.8. The van der Waals surface area contributed by atoms with Gasteiger partial charge in [0.1, 0.15) is 5.69 Å². The van der Waals surface area contributed by atoms with Gasteiger partial charge in [-0.05, 0) is 24.6 Å². The first-order valence-corrected chi connectivity index (χ1v) is 5.05. The molecule has 0 saturated carbocycles. The molecule has 0 saturated heterocycles. The molecule has 0 bridgehead atoms. The summed E-state index contributed by atoms with van der Waals surface area (Å²) in [5.74, 6) is -1.71. The van der Waals surface area contributed by atoms with Crippen molar-refractivity contribution < 1.29 is 14.7 Å². The van der Waals surface area contributed by atoms with Gasteiger partial charge in [0, 0.05) is 5.56 Å². The maximum Gasteiger partial charge on any atom is 0.335 e. The number of aryl methyl sites for hydroxylation is 1. The summed E-state index contributed by atoms with van der Waals surface area (Å²) in [7, 11) is 0. The van der Waals surface area contributed by atoms with Crippen LogP contribution in [0.25, 0.3) is 11.3 Å². The van der Waals surface area contributed by atoms with Crippen LogP contribution in [0.1, 0.15) is 26.4 Å². The lowest BCUT2D eigenvalue weighted by molar-refractivity contribution is 0.0696. The van der Waals surface area contributed by atoms with Crippen molar-refractivity contribution in [3.05, 3.63) is 35.0 Å². The summed E-state index contributed by atoms with van der Waals surface area (Å²) in [5.41, 5.74) is 6.97. The van der Waals surface area contributed by atoms with E-state index in [2.05, 4.69) is 15.4 Å². The number of primary amides is 1. The third-order valence-electron chi connectivity index (χ3n) is 2.51. The number of benzene rings is 1. The van der Waals surface area contributed by atoms with Gasteiger partial charge in [-0.25, -0.2) is 4.79 Å². The van der Waals surface area contributed by atoms with Crippen molar-refractivity contribution in [2.45, 2.75) is 6.92 Å². The van der Waals surface area contributed by atoms with Crippen molar-refractivity contribution in [2.24, 2.45) is 5.73 Å². The summed E-state index contributed by atoms with van der Waals surface area (Å²) in [6, 6.07) is 4.50. The number of carbonyl (C=O) groups is 2. The highest BCUT2D eigenvalue weighted by atomic mass is 16.4. The van der Waals surface area contributed by atoms with Crippen LogP contribution in [0.4, 0.5) is 0 Å². The number of carboxylic acid groups (broad SMARTS) is 1. The fourth-order valence-corrected chi connectivity index (χ4v) is 1.65.